The Hall–Kier alpha value is -2.94. The lowest BCUT2D eigenvalue weighted by atomic mass is 10.1. The molecule has 6 nitrogen and oxygen atoms in total. The number of aromatic nitrogens is 4. The number of nitrogens with zero attached hydrogens (tertiary/aromatic N) is 5. The minimum atomic E-state index is -4.39. The van der Waals surface area contributed by atoms with Gasteiger partial charge in [-0.05, 0) is 35.7 Å². The Morgan fingerprint density at radius 1 is 1.27 bits per heavy atom. The monoisotopic (exact) mass is 435 g/mol. The SMILES string of the molecule is CCCn1c(Cl)nc2c(c1=O)CC(c1cnn(Cc3cccc(C(F)(F)F)c3)c1)=N2. The average Bonchev–Trinajstić information content (AvgIpc) is 3.32. The number of hydrogen-bond donors (Lipinski definition) is 0. The molecule has 0 spiro atoms. The first-order valence-electron chi connectivity index (χ1n) is 9.32. The summed E-state index contributed by atoms with van der Waals surface area (Å²) in [6.45, 7) is 2.59. The van der Waals surface area contributed by atoms with Crippen molar-refractivity contribution in [1.82, 2.24) is 19.3 Å². The third kappa shape index (κ3) is 3.89. The molecule has 3 aromatic rings. The van der Waals surface area contributed by atoms with E-state index in [9.17, 15) is 18.0 Å². The van der Waals surface area contributed by atoms with Gasteiger partial charge in [0.05, 0.1) is 29.6 Å². The van der Waals surface area contributed by atoms with Crippen LogP contribution in [0.2, 0.25) is 5.28 Å². The molecule has 0 amide bonds. The fourth-order valence-corrected chi connectivity index (χ4v) is 3.60. The number of fused-ring (bicyclic) bond motifs is 1. The summed E-state index contributed by atoms with van der Waals surface area (Å²) >= 11 is 6.11. The van der Waals surface area contributed by atoms with Crippen LogP contribution in [0.4, 0.5) is 19.0 Å². The van der Waals surface area contributed by atoms with Gasteiger partial charge in [0.2, 0.25) is 5.28 Å². The lowest BCUT2D eigenvalue weighted by Gasteiger charge is -2.08. The topological polar surface area (TPSA) is 65.1 Å². The van der Waals surface area contributed by atoms with Gasteiger partial charge in [0.1, 0.15) is 0 Å². The molecule has 1 aromatic carbocycles. The van der Waals surface area contributed by atoms with Gasteiger partial charge in [-0.25, -0.2) is 4.99 Å². The first-order chi connectivity index (χ1) is 14.3. The maximum Gasteiger partial charge on any atom is 0.416 e. The Labute approximate surface area is 174 Å². The van der Waals surface area contributed by atoms with Gasteiger partial charge in [0.15, 0.2) is 5.82 Å². The Balaban J connectivity index is 1.56. The number of benzene rings is 1. The zero-order valence-corrected chi connectivity index (χ0v) is 16.7. The van der Waals surface area contributed by atoms with E-state index in [4.69, 9.17) is 11.6 Å². The van der Waals surface area contributed by atoms with E-state index >= 15 is 0 Å². The highest BCUT2D eigenvalue weighted by Crippen LogP contribution is 2.30. The summed E-state index contributed by atoms with van der Waals surface area (Å²) in [6, 6.07) is 5.12. The Morgan fingerprint density at radius 2 is 2.07 bits per heavy atom. The highest BCUT2D eigenvalue weighted by molar-refractivity contribution is 6.28. The molecular weight excluding hydrogens is 419 g/mol. The number of alkyl halides is 3. The molecule has 0 fully saturated rings. The molecule has 3 heterocycles. The summed E-state index contributed by atoms with van der Waals surface area (Å²) < 4.78 is 41.7. The highest BCUT2D eigenvalue weighted by atomic mass is 35.5. The molecule has 156 valence electrons. The van der Waals surface area contributed by atoms with E-state index in [0.717, 1.165) is 18.6 Å². The van der Waals surface area contributed by atoms with Gasteiger partial charge in [-0.3, -0.25) is 14.0 Å². The molecule has 4 rings (SSSR count). The van der Waals surface area contributed by atoms with Crippen LogP contribution >= 0.6 is 11.6 Å². The Bertz CT molecular complexity index is 1200. The van der Waals surface area contributed by atoms with E-state index in [-0.39, 0.29) is 17.4 Å². The molecule has 1 aliphatic rings. The van der Waals surface area contributed by atoms with Crippen molar-refractivity contribution in [2.75, 3.05) is 0 Å². The summed E-state index contributed by atoms with van der Waals surface area (Å²) in [4.78, 5) is 21.3. The van der Waals surface area contributed by atoms with Gasteiger partial charge in [-0.1, -0.05) is 19.1 Å². The van der Waals surface area contributed by atoms with Crippen molar-refractivity contribution in [3.8, 4) is 0 Å². The minimum absolute atomic E-state index is 0.103. The average molecular weight is 436 g/mol. The summed E-state index contributed by atoms with van der Waals surface area (Å²) in [5.74, 6) is 0.304. The quantitative estimate of drug-likeness (QED) is 0.563. The van der Waals surface area contributed by atoms with Crippen LogP contribution in [0, 0.1) is 0 Å². The van der Waals surface area contributed by atoms with Crippen LogP contribution in [0.25, 0.3) is 0 Å². The van der Waals surface area contributed by atoms with Crippen molar-refractivity contribution in [2.24, 2.45) is 4.99 Å². The second kappa shape index (κ2) is 7.71. The lowest BCUT2D eigenvalue weighted by Crippen LogP contribution is -2.25. The van der Waals surface area contributed by atoms with E-state index in [1.807, 2.05) is 6.92 Å². The molecule has 0 bridgehead atoms. The summed E-state index contributed by atoms with van der Waals surface area (Å²) in [5, 5.41) is 4.33. The fraction of sp³-hybridized carbons (Fsp3) is 0.300. The molecule has 0 saturated carbocycles. The Kier molecular flexibility index (Phi) is 5.23. The van der Waals surface area contributed by atoms with E-state index in [2.05, 4.69) is 15.1 Å². The predicted octanol–water partition coefficient (Wildman–Crippen LogP) is 4.25. The van der Waals surface area contributed by atoms with E-state index < -0.39 is 11.7 Å². The van der Waals surface area contributed by atoms with Gasteiger partial charge in [-0.15, -0.1) is 0 Å². The molecule has 0 unspecified atom stereocenters. The van der Waals surface area contributed by atoms with E-state index in [0.29, 0.717) is 41.2 Å². The van der Waals surface area contributed by atoms with Crippen molar-refractivity contribution in [3.63, 3.8) is 0 Å². The van der Waals surface area contributed by atoms with Crippen molar-refractivity contribution in [2.45, 2.75) is 39.0 Å². The molecular formula is C20H17ClF3N5O. The normalized spacial score (nSPS) is 13.4. The van der Waals surface area contributed by atoms with Crippen LogP contribution in [0.1, 0.15) is 35.6 Å². The van der Waals surface area contributed by atoms with Gasteiger partial charge in [0, 0.05) is 24.7 Å². The molecule has 2 aromatic heterocycles. The highest BCUT2D eigenvalue weighted by Gasteiger charge is 2.30. The number of rotatable bonds is 5. The molecule has 0 radical (unpaired) electrons. The largest absolute Gasteiger partial charge is 0.416 e. The Morgan fingerprint density at radius 3 is 2.80 bits per heavy atom. The van der Waals surface area contributed by atoms with Gasteiger partial charge in [-0.2, -0.15) is 23.3 Å². The summed E-state index contributed by atoms with van der Waals surface area (Å²) in [5.41, 5.74) is 1.35. The number of hydrogen-bond acceptors (Lipinski definition) is 4. The second-order valence-corrected chi connectivity index (χ2v) is 7.34. The third-order valence-electron chi connectivity index (χ3n) is 4.79. The van der Waals surface area contributed by atoms with Crippen LogP contribution < -0.4 is 5.56 Å². The molecule has 0 saturated heterocycles. The molecule has 0 atom stereocenters. The van der Waals surface area contributed by atoms with Crippen LogP contribution in [-0.4, -0.2) is 25.0 Å². The fourth-order valence-electron chi connectivity index (χ4n) is 3.36. The van der Waals surface area contributed by atoms with Crippen molar-refractivity contribution in [1.29, 1.82) is 0 Å². The molecule has 0 aliphatic carbocycles. The number of halogens is 4. The molecule has 30 heavy (non-hydrogen) atoms. The predicted molar refractivity (Wildman–Crippen MR) is 106 cm³/mol. The zero-order valence-electron chi connectivity index (χ0n) is 15.9. The van der Waals surface area contributed by atoms with Crippen molar-refractivity contribution in [3.05, 3.63) is 74.6 Å². The van der Waals surface area contributed by atoms with E-state index in [1.165, 1.54) is 15.3 Å². The van der Waals surface area contributed by atoms with Gasteiger partial charge < -0.3 is 0 Å². The third-order valence-corrected chi connectivity index (χ3v) is 5.08. The van der Waals surface area contributed by atoms with E-state index in [1.54, 1.807) is 18.5 Å². The summed E-state index contributed by atoms with van der Waals surface area (Å²) in [6.07, 6.45) is -0.0797. The first-order valence-corrected chi connectivity index (χ1v) is 9.69. The molecule has 10 heteroatoms. The van der Waals surface area contributed by atoms with Crippen molar-refractivity contribution >= 4 is 23.1 Å². The van der Waals surface area contributed by atoms with Gasteiger partial charge in [0.25, 0.3) is 5.56 Å². The standard InChI is InChI=1S/C20H17ClF3N5O/c1-2-6-29-18(30)15-8-16(26-17(15)27-19(29)21)13-9-25-28(11-13)10-12-4-3-5-14(7-12)20(22,23)24/h3-5,7,9,11H,2,6,8,10H2,1H3. The minimum Gasteiger partial charge on any atom is -0.283 e. The van der Waals surface area contributed by atoms with Crippen LogP contribution in [-0.2, 0) is 25.7 Å². The number of aliphatic imine (C=N–C) groups is 1. The van der Waals surface area contributed by atoms with Crippen LogP contribution in [0.15, 0.2) is 46.4 Å². The molecule has 0 N–H and O–H groups in total. The first kappa shape index (κ1) is 20.3. The zero-order chi connectivity index (χ0) is 21.5. The second-order valence-electron chi connectivity index (χ2n) is 7.00. The van der Waals surface area contributed by atoms with Gasteiger partial charge >= 0.3 is 6.18 Å². The van der Waals surface area contributed by atoms with Crippen LogP contribution in [0.5, 0.6) is 0 Å². The lowest BCUT2D eigenvalue weighted by molar-refractivity contribution is -0.137. The van der Waals surface area contributed by atoms with Crippen LogP contribution in [0.3, 0.4) is 0 Å². The maximum atomic E-state index is 12.9. The maximum absolute atomic E-state index is 12.9. The van der Waals surface area contributed by atoms with Crippen molar-refractivity contribution < 1.29 is 13.2 Å². The summed E-state index contributed by atoms with van der Waals surface area (Å²) in [7, 11) is 0. The molecule has 1 aliphatic heterocycles. The smallest absolute Gasteiger partial charge is 0.283 e.